The zero-order chi connectivity index (χ0) is 20.6. The molecule has 2 bridgehead atoms. The molecule has 0 aromatic heterocycles. The van der Waals surface area contributed by atoms with Crippen molar-refractivity contribution in [2.75, 3.05) is 13.6 Å². The number of likely N-dealkylation sites (tertiary alicyclic amines) is 1. The molecule has 3 fully saturated rings. The van der Waals surface area contributed by atoms with Gasteiger partial charge in [0.15, 0.2) is 0 Å². The lowest BCUT2D eigenvalue weighted by atomic mass is 9.88. The summed E-state index contributed by atoms with van der Waals surface area (Å²) in [4.78, 5) is 51.0. The van der Waals surface area contributed by atoms with Crippen LogP contribution in [-0.4, -0.2) is 47.0 Å². The maximum atomic E-state index is 12.7. The summed E-state index contributed by atoms with van der Waals surface area (Å²) >= 11 is 0. The fourth-order valence-electron chi connectivity index (χ4n) is 4.64. The van der Waals surface area contributed by atoms with E-state index in [9.17, 15) is 19.2 Å². The van der Waals surface area contributed by atoms with Crippen molar-refractivity contribution in [3.63, 3.8) is 0 Å². The van der Waals surface area contributed by atoms with Crippen molar-refractivity contribution in [1.29, 1.82) is 0 Å². The molecule has 2 aliphatic heterocycles. The molecule has 0 spiro atoms. The van der Waals surface area contributed by atoms with E-state index in [1.807, 2.05) is 0 Å². The van der Waals surface area contributed by atoms with Gasteiger partial charge < -0.3 is 0 Å². The van der Waals surface area contributed by atoms with Crippen LogP contribution in [0.5, 0.6) is 0 Å². The van der Waals surface area contributed by atoms with Crippen molar-refractivity contribution in [1.82, 2.24) is 9.80 Å². The van der Waals surface area contributed by atoms with E-state index in [0.717, 1.165) is 17.2 Å². The van der Waals surface area contributed by atoms with Gasteiger partial charge in [-0.2, -0.15) is 0 Å². The third-order valence-corrected chi connectivity index (χ3v) is 6.07. The molecule has 2 saturated carbocycles. The molecule has 1 saturated heterocycles. The summed E-state index contributed by atoms with van der Waals surface area (Å²) in [7, 11) is 1.38. The number of carbonyl (C=O) groups is 4. The molecule has 4 amide bonds. The van der Waals surface area contributed by atoms with E-state index < -0.39 is 17.7 Å². The first-order valence-corrected chi connectivity index (χ1v) is 10.1. The molecule has 0 aromatic carbocycles. The lowest BCUT2D eigenvalue weighted by Gasteiger charge is -2.25. The maximum absolute atomic E-state index is 12.7. The fraction of sp³-hybridized carbons (Fsp3) is 0.545. The van der Waals surface area contributed by atoms with Crippen molar-refractivity contribution in [3.05, 3.63) is 35.5 Å². The molecule has 150 valence electrons. The van der Waals surface area contributed by atoms with E-state index >= 15 is 0 Å². The first-order valence-electron chi connectivity index (χ1n) is 10.1. The van der Waals surface area contributed by atoms with E-state index in [4.69, 9.17) is 0 Å². The minimum Gasteiger partial charge on any atom is -0.278 e. The molecule has 2 aliphatic carbocycles. The topological polar surface area (TPSA) is 74.8 Å². The highest BCUT2D eigenvalue weighted by Crippen LogP contribution is 2.49. The number of hydrogen-bond acceptors (Lipinski definition) is 4. The molecule has 0 radical (unpaired) electrons. The predicted octanol–water partition coefficient (Wildman–Crippen LogP) is 2.62. The predicted molar refractivity (Wildman–Crippen MR) is 105 cm³/mol. The molecule has 4 aliphatic rings. The summed E-state index contributed by atoms with van der Waals surface area (Å²) in [5.41, 5.74) is 0.339. The Balaban J connectivity index is 0.000000706. The molecule has 0 N–H and O–H groups in total. The zero-order valence-electron chi connectivity index (χ0n) is 16.9. The molecular formula is C22H28N2O4. The minimum atomic E-state index is -0.475. The van der Waals surface area contributed by atoms with Crippen molar-refractivity contribution < 1.29 is 19.2 Å². The molecule has 28 heavy (non-hydrogen) atoms. The van der Waals surface area contributed by atoms with Crippen LogP contribution in [-0.2, 0) is 19.2 Å². The van der Waals surface area contributed by atoms with Gasteiger partial charge >= 0.3 is 0 Å². The van der Waals surface area contributed by atoms with Crippen LogP contribution in [0.1, 0.15) is 46.0 Å². The van der Waals surface area contributed by atoms with Crippen LogP contribution < -0.4 is 0 Å². The van der Waals surface area contributed by atoms with Gasteiger partial charge in [-0.3, -0.25) is 29.0 Å². The molecule has 3 atom stereocenters. The number of rotatable bonds is 3. The van der Waals surface area contributed by atoms with Gasteiger partial charge in [-0.05, 0) is 43.1 Å². The summed E-state index contributed by atoms with van der Waals surface area (Å²) in [5, 5.41) is 0. The number of hydrogen-bond donors (Lipinski definition) is 0. The van der Waals surface area contributed by atoms with E-state index in [0.29, 0.717) is 18.4 Å². The Morgan fingerprint density at radius 1 is 1.07 bits per heavy atom. The Hall–Kier alpha value is -2.50. The van der Waals surface area contributed by atoms with Gasteiger partial charge in [0.05, 0.1) is 5.57 Å². The highest BCUT2D eigenvalue weighted by Gasteiger charge is 2.45. The summed E-state index contributed by atoms with van der Waals surface area (Å²) in [6.07, 6.45) is 8.49. The molecule has 0 aromatic rings. The first kappa shape index (κ1) is 20.2. The van der Waals surface area contributed by atoms with Crippen LogP contribution in [0.15, 0.2) is 35.5 Å². The number of nitrogens with zero attached hydrogens (tertiary/aromatic N) is 2. The Morgan fingerprint density at radius 3 is 2.25 bits per heavy atom. The average molecular weight is 384 g/mol. The lowest BCUT2D eigenvalue weighted by molar-refractivity contribution is -0.138. The van der Waals surface area contributed by atoms with Gasteiger partial charge in [0.25, 0.3) is 23.6 Å². The molecule has 3 unspecified atom stereocenters. The third kappa shape index (κ3) is 3.48. The molecule has 6 nitrogen and oxygen atoms in total. The lowest BCUT2D eigenvalue weighted by Crippen LogP contribution is -2.36. The van der Waals surface area contributed by atoms with E-state index in [2.05, 4.69) is 20.4 Å². The van der Waals surface area contributed by atoms with Gasteiger partial charge in [-0.1, -0.05) is 33.3 Å². The van der Waals surface area contributed by atoms with Gasteiger partial charge in [0.2, 0.25) is 0 Å². The van der Waals surface area contributed by atoms with Crippen molar-refractivity contribution in [2.24, 2.45) is 17.8 Å². The second kappa shape index (κ2) is 7.86. The van der Waals surface area contributed by atoms with Gasteiger partial charge in [0, 0.05) is 30.8 Å². The van der Waals surface area contributed by atoms with Crippen LogP contribution in [0, 0.1) is 17.8 Å². The monoisotopic (exact) mass is 384 g/mol. The molecule has 2 heterocycles. The SMILES string of the molecule is C=C1C(=O)N(CC2CC3CCC2C3)C(=O)/C1=C/C1=CC(=O)N(C)C1=O.CCC. The second-order valence-electron chi connectivity index (χ2n) is 8.20. The Bertz CT molecular complexity index is 807. The summed E-state index contributed by atoms with van der Waals surface area (Å²) in [5.74, 6) is 0.0216. The number of carbonyl (C=O) groups excluding carboxylic acids is 4. The largest absolute Gasteiger partial charge is 0.278 e. The van der Waals surface area contributed by atoms with Crippen LogP contribution in [0.4, 0.5) is 0 Å². The average Bonchev–Trinajstić information content (AvgIpc) is 3.38. The van der Waals surface area contributed by atoms with Crippen molar-refractivity contribution in [3.8, 4) is 0 Å². The second-order valence-corrected chi connectivity index (χ2v) is 8.20. The Labute approximate surface area is 165 Å². The quantitative estimate of drug-likeness (QED) is 0.554. The Kier molecular flexibility index (Phi) is 5.68. The smallest absolute Gasteiger partial charge is 0.261 e. The number of imide groups is 2. The van der Waals surface area contributed by atoms with Crippen LogP contribution in [0.25, 0.3) is 0 Å². The molecule has 4 rings (SSSR count). The van der Waals surface area contributed by atoms with E-state index in [-0.39, 0.29) is 22.6 Å². The van der Waals surface area contributed by atoms with Gasteiger partial charge in [0.1, 0.15) is 0 Å². The molecule has 6 heteroatoms. The zero-order valence-corrected chi connectivity index (χ0v) is 16.9. The number of likely N-dealkylation sites (N-methyl/N-ethyl adjacent to an activating group) is 1. The van der Waals surface area contributed by atoms with Crippen LogP contribution >= 0.6 is 0 Å². The summed E-state index contributed by atoms with van der Waals surface area (Å²) in [6.45, 7) is 8.41. The van der Waals surface area contributed by atoms with Crippen molar-refractivity contribution in [2.45, 2.75) is 46.0 Å². The highest BCUT2D eigenvalue weighted by atomic mass is 16.2. The highest BCUT2D eigenvalue weighted by molar-refractivity contribution is 6.26. The number of amides is 4. The van der Waals surface area contributed by atoms with Crippen LogP contribution in [0.2, 0.25) is 0 Å². The van der Waals surface area contributed by atoms with E-state index in [1.165, 1.54) is 49.8 Å². The maximum Gasteiger partial charge on any atom is 0.261 e. The summed E-state index contributed by atoms with van der Waals surface area (Å²) < 4.78 is 0. The fourth-order valence-corrected chi connectivity index (χ4v) is 4.64. The van der Waals surface area contributed by atoms with Gasteiger partial charge in [-0.25, -0.2) is 0 Å². The van der Waals surface area contributed by atoms with Gasteiger partial charge in [-0.15, -0.1) is 0 Å². The first-order chi connectivity index (χ1) is 13.3. The Morgan fingerprint density at radius 2 is 1.75 bits per heavy atom. The number of fused-ring (bicyclic) bond motifs is 2. The third-order valence-electron chi connectivity index (χ3n) is 6.07. The van der Waals surface area contributed by atoms with Crippen LogP contribution in [0.3, 0.4) is 0 Å². The normalized spacial score (nSPS) is 30.5. The standard InChI is InChI=1S/C19H20N2O4.C3H8/c1-10-15(7-13-8-16(22)20(2)18(13)24)19(25)21(17(10)23)9-14-6-11-3-4-12(14)5-11;1-3-2/h7-8,11-12,14H,1,3-6,9H2,2H3;3H2,1-2H3/b15-7+;. The van der Waals surface area contributed by atoms with E-state index in [1.54, 1.807) is 0 Å². The molecular weight excluding hydrogens is 356 g/mol. The summed E-state index contributed by atoms with van der Waals surface area (Å²) in [6, 6.07) is 0. The minimum absolute atomic E-state index is 0.101. The van der Waals surface area contributed by atoms with Crippen molar-refractivity contribution >= 4 is 23.6 Å².